The molecule has 12 heteroatoms. The lowest BCUT2D eigenvalue weighted by Crippen LogP contribution is -2.36. The summed E-state index contributed by atoms with van der Waals surface area (Å²) in [6.45, 7) is 1.21. The zero-order chi connectivity index (χ0) is 25.1. The number of thiazole rings is 1. The molecule has 188 valence electrons. The summed E-state index contributed by atoms with van der Waals surface area (Å²) in [7, 11) is 0. The van der Waals surface area contributed by atoms with Crippen LogP contribution in [0.25, 0.3) is 16.0 Å². The number of halogens is 3. The molecule has 3 aromatic heterocycles. The number of carbonyl (C=O) groups excluding carboxylic acids is 1. The van der Waals surface area contributed by atoms with E-state index >= 15 is 0 Å². The number of pyridine rings is 1. The van der Waals surface area contributed by atoms with Crippen LogP contribution in [0.1, 0.15) is 34.2 Å². The number of ether oxygens (including phenoxy) is 1. The summed E-state index contributed by atoms with van der Waals surface area (Å²) < 4.78 is 35.2. The van der Waals surface area contributed by atoms with Crippen molar-refractivity contribution in [2.75, 3.05) is 17.9 Å². The molecule has 36 heavy (non-hydrogen) atoms. The van der Waals surface area contributed by atoms with Gasteiger partial charge in [0, 0.05) is 53.8 Å². The lowest BCUT2D eigenvalue weighted by Gasteiger charge is -2.31. The number of carbonyl (C=O) groups is 1. The Hall–Kier alpha value is -2.73. The first-order valence-electron chi connectivity index (χ1n) is 11.3. The molecule has 1 amide bonds. The van der Waals surface area contributed by atoms with Gasteiger partial charge in [0.2, 0.25) is 0 Å². The smallest absolute Gasteiger partial charge is 0.302 e. The van der Waals surface area contributed by atoms with E-state index in [9.17, 15) is 13.6 Å². The van der Waals surface area contributed by atoms with Crippen molar-refractivity contribution in [3.63, 3.8) is 0 Å². The first-order chi connectivity index (χ1) is 17.5. The van der Waals surface area contributed by atoms with Crippen LogP contribution in [-0.2, 0) is 4.74 Å². The van der Waals surface area contributed by atoms with Gasteiger partial charge in [-0.05, 0) is 48.6 Å². The Morgan fingerprint density at radius 1 is 1.22 bits per heavy atom. The predicted molar refractivity (Wildman–Crippen MR) is 139 cm³/mol. The number of hydrogen-bond donors (Lipinski definition) is 2. The number of fused-ring (bicyclic) bond motifs is 1. The zero-order valence-corrected chi connectivity index (χ0v) is 21.3. The molecular formula is C24H22ClF2N5O2S2. The second kappa shape index (κ2) is 11.1. The van der Waals surface area contributed by atoms with E-state index in [1.807, 2.05) is 12.1 Å². The summed E-state index contributed by atoms with van der Waals surface area (Å²) in [6, 6.07) is 10.5. The molecule has 2 N–H and O–H groups in total. The number of benzene rings is 1. The van der Waals surface area contributed by atoms with Gasteiger partial charge >= 0.3 is 5.76 Å². The lowest BCUT2D eigenvalue weighted by atomic mass is 9.87. The fraction of sp³-hybridized carbons (Fsp3) is 0.292. The molecule has 0 saturated carbocycles. The van der Waals surface area contributed by atoms with Crippen LogP contribution in [0.3, 0.4) is 0 Å². The van der Waals surface area contributed by atoms with Crippen LogP contribution in [0.15, 0.2) is 55.0 Å². The molecule has 1 aromatic carbocycles. The third-order valence-electron chi connectivity index (χ3n) is 5.98. The fourth-order valence-electron chi connectivity index (χ4n) is 4.28. The third-order valence-corrected chi connectivity index (χ3v) is 7.78. The highest BCUT2D eigenvalue weighted by Gasteiger charge is 2.28. The van der Waals surface area contributed by atoms with E-state index in [0.29, 0.717) is 40.9 Å². The maximum atomic E-state index is 13.3. The number of amides is 1. The average Bonchev–Trinajstić information content (AvgIpc) is 3.54. The molecule has 1 aliphatic rings. The van der Waals surface area contributed by atoms with Gasteiger partial charge in [0.25, 0.3) is 5.91 Å². The minimum absolute atomic E-state index is 0.141. The van der Waals surface area contributed by atoms with Crippen molar-refractivity contribution in [3.05, 3.63) is 70.6 Å². The molecule has 0 radical (unpaired) electrons. The molecule has 1 unspecified atom stereocenters. The van der Waals surface area contributed by atoms with Gasteiger partial charge < -0.3 is 14.8 Å². The molecule has 1 saturated heterocycles. The van der Waals surface area contributed by atoms with Crippen molar-refractivity contribution < 1.29 is 18.3 Å². The maximum absolute atomic E-state index is 13.3. The SMILES string of the molecule is O=C(NC(c1cccc(NSC(F)F)c1)C1CCOCC1)c1ncc(-c2cnn3ccc(Cl)cc23)s1. The van der Waals surface area contributed by atoms with Crippen LogP contribution < -0.4 is 10.0 Å². The molecule has 4 heterocycles. The van der Waals surface area contributed by atoms with E-state index in [0.717, 1.165) is 34.4 Å². The number of nitrogens with zero attached hydrogens (tertiary/aromatic N) is 3. The molecule has 1 atom stereocenters. The van der Waals surface area contributed by atoms with E-state index in [-0.39, 0.29) is 17.9 Å². The summed E-state index contributed by atoms with van der Waals surface area (Å²) in [5.74, 6) is -2.69. The van der Waals surface area contributed by atoms with Gasteiger partial charge in [-0.2, -0.15) is 13.9 Å². The van der Waals surface area contributed by atoms with E-state index in [1.54, 1.807) is 47.4 Å². The van der Waals surface area contributed by atoms with Crippen LogP contribution in [-0.4, -0.2) is 39.5 Å². The van der Waals surface area contributed by atoms with Crippen molar-refractivity contribution >= 4 is 52.0 Å². The standard InChI is InChI=1S/C24H22ClF2N5O2S2/c25-16-4-7-32-19(11-16)18(12-29-32)20-13-28-23(35-20)22(33)30-21(14-5-8-34-9-6-14)15-2-1-3-17(10-15)31-36-24(26)27/h1-4,7,10-14,21,24,31H,5-6,8-9H2,(H,30,33). The summed E-state index contributed by atoms with van der Waals surface area (Å²) in [6.07, 6.45) is 6.72. The predicted octanol–water partition coefficient (Wildman–Crippen LogP) is 6.29. The van der Waals surface area contributed by atoms with Crippen LogP contribution in [0.4, 0.5) is 14.5 Å². The minimum atomic E-state index is -2.54. The van der Waals surface area contributed by atoms with Gasteiger partial charge in [-0.25, -0.2) is 9.50 Å². The molecule has 0 spiro atoms. The average molecular weight is 550 g/mol. The summed E-state index contributed by atoms with van der Waals surface area (Å²) in [5.41, 5.74) is 3.05. The Morgan fingerprint density at radius 3 is 2.86 bits per heavy atom. The summed E-state index contributed by atoms with van der Waals surface area (Å²) in [4.78, 5) is 18.5. The topological polar surface area (TPSA) is 80.5 Å². The van der Waals surface area contributed by atoms with E-state index in [1.165, 1.54) is 11.3 Å². The highest BCUT2D eigenvalue weighted by Crippen LogP contribution is 2.34. The molecule has 0 bridgehead atoms. The number of aromatic nitrogens is 3. The molecular weight excluding hydrogens is 528 g/mol. The molecule has 0 aliphatic carbocycles. The monoisotopic (exact) mass is 549 g/mol. The number of rotatable bonds is 8. The molecule has 1 fully saturated rings. The number of nitrogens with one attached hydrogen (secondary N) is 2. The highest BCUT2D eigenvalue weighted by molar-refractivity contribution is 8.00. The second-order valence-electron chi connectivity index (χ2n) is 8.27. The number of hydrogen-bond acceptors (Lipinski definition) is 7. The van der Waals surface area contributed by atoms with Gasteiger partial charge in [-0.1, -0.05) is 23.7 Å². The lowest BCUT2D eigenvalue weighted by molar-refractivity contribution is 0.0514. The van der Waals surface area contributed by atoms with Crippen molar-refractivity contribution in [3.8, 4) is 10.4 Å². The second-order valence-corrected chi connectivity index (χ2v) is 10.5. The van der Waals surface area contributed by atoms with E-state index < -0.39 is 5.76 Å². The minimum Gasteiger partial charge on any atom is -0.381 e. The Labute approximate surface area is 219 Å². The zero-order valence-electron chi connectivity index (χ0n) is 18.9. The van der Waals surface area contributed by atoms with Gasteiger partial charge in [0.05, 0.1) is 22.6 Å². The Balaban J connectivity index is 1.39. The normalized spacial score (nSPS) is 15.3. The van der Waals surface area contributed by atoms with Gasteiger partial charge in [0.1, 0.15) is 0 Å². The van der Waals surface area contributed by atoms with Crippen molar-refractivity contribution in [1.29, 1.82) is 0 Å². The maximum Gasteiger partial charge on any atom is 0.302 e. The Kier molecular flexibility index (Phi) is 7.70. The van der Waals surface area contributed by atoms with Gasteiger partial charge in [0.15, 0.2) is 5.01 Å². The third kappa shape index (κ3) is 5.64. The fourth-order valence-corrected chi connectivity index (χ4v) is 5.63. The van der Waals surface area contributed by atoms with E-state index in [4.69, 9.17) is 16.3 Å². The van der Waals surface area contributed by atoms with E-state index in [2.05, 4.69) is 20.1 Å². The molecule has 1 aliphatic heterocycles. The molecule has 4 aromatic rings. The molecule has 5 rings (SSSR count). The first-order valence-corrected chi connectivity index (χ1v) is 13.3. The Bertz CT molecular complexity index is 1360. The first kappa shape index (κ1) is 24.9. The molecule has 7 nitrogen and oxygen atoms in total. The van der Waals surface area contributed by atoms with Gasteiger partial charge in [-0.15, -0.1) is 11.3 Å². The summed E-state index contributed by atoms with van der Waals surface area (Å²) >= 11 is 7.77. The Morgan fingerprint density at radius 2 is 2.06 bits per heavy atom. The van der Waals surface area contributed by atoms with Crippen molar-refractivity contribution in [2.45, 2.75) is 24.6 Å². The largest absolute Gasteiger partial charge is 0.381 e. The van der Waals surface area contributed by atoms with Crippen LogP contribution in [0.2, 0.25) is 5.02 Å². The van der Waals surface area contributed by atoms with Crippen LogP contribution in [0, 0.1) is 5.92 Å². The quantitative estimate of drug-likeness (QED) is 0.251. The number of anilines is 1. The summed E-state index contributed by atoms with van der Waals surface area (Å²) in [5, 5.41) is 8.41. The number of alkyl halides is 2. The van der Waals surface area contributed by atoms with Crippen LogP contribution >= 0.6 is 34.9 Å². The van der Waals surface area contributed by atoms with Crippen molar-refractivity contribution in [1.82, 2.24) is 19.9 Å². The van der Waals surface area contributed by atoms with Gasteiger partial charge in [-0.3, -0.25) is 4.79 Å². The van der Waals surface area contributed by atoms with Crippen molar-refractivity contribution in [2.24, 2.45) is 5.92 Å². The highest BCUT2D eigenvalue weighted by atomic mass is 35.5. The van der Waals surface area contributed by atoms with Crippen LogP contribution in [0.5, 0.6) is 0 Å².